The van der Waals surface area contributed by atoms with E-state index in [1.165, 1.54) is 24.2 Å². The van der Waals surface area contributed by atoms with Crippen molar-refractivity contribution in [1.29, 1.82) is 0 Å². The van der Waals surface area contributed by atoms with Crippen LogP contribution in [-0.4, -0.2) is 31.9 Å². The monoisotopic (exact) mass is 328 g/mol. The molecule has 3 rings (SSSR count). The average Bonchev–Trinajstić information content (AvgIpc) is 3.11. The fraction of sp³-hybridized carbons (Fsp3) is 0.733. The molecule has 21 heavy (non-hydrogen) atoms. The molecule has 0 amide bonds. The van der Waals surface area contributed by atoms with Crippen LogP contribution >= 0.6 is 11.3 Å². The maximum atomic E-state index is 12.8. The summed E-state index contributed by atoms with van der Waals surface area (Å²) in [4.78, 5) is 0. The predicted octanol–water partition coefficient (Wildman–Crippen LogP) is 2.81. The Balaban J connectivity index is 1.71. The van der Waals surface area contributed by atoms with Crippen LogP contribution < -0.4 is 5.32 Å². The first-order chi connectivity index (χ1) is 9.87. The lowest BCUT2D eigenvalue weighted by atomic mass is 9.85. The van der Waals surface area contributed by atoms with Crippen LogP contribution in [0.4, 0.5) is 0 Å². The Morgan fingerprint density at radius 1 is 1.43 bits per heavy atom. The van der Waals surface area contributed by atoms with Crippen molar-refractivity contribution >= 4 is 21.4 Å². The highest BCUT2D eigenvalue weighted by Crippen LogP contribution is 2.33. The van der Waals surface area contributed by atoms with E-state index >= 15 is 0 Å². The number of nitrogens with zero attached hydrogens (tertiary/aromatic N) is 1. The maximum Gasteiger partial charge on any atom is 0.252 e. The molecule has 0 spiro atoms. The van der Waals surface area contributed by atoms with Crippen molar-refractivity contribution in [1.82, 2.24) is 9.62 Å². The molecule has 0 radical (unpaired) electrons. The molecule has 2 aliphatic rings. The lowest BCUT2D eigenvalue weighted by molar-refractivity contribution is 0.187. The van der Waals surface area contributed by atoms with Crippen LogP contribution in [0, 0.1) is 5.41 Å². The summed E-state index contributed by atoms with van der Waals surface area (Å²) in [5, 5.41) is 5.40. The summed E-state index contributed by atoms with van der Waals surface area (Å²) < 4.78 is 27.7. The highest BCUT2D eigenvalue weighted by Gasteiger charge is 2.34. The highest BCUT2D eigenvalue weighted by atomic mass is 32.2. The molecule has 4 nitrogen and oxygen atoms in total. The first-order valence-electron chi connectivity index (χ1n) is 7.68. The number of rotatable bonds is 5. The first-order valence-corrected chi connectivity index (χ1v) is 10.00. The van der Waals surface area contributed by atoms with Crippen molar-refractivity contribution in [3.63, 3.8) is 0 Å². The second-order valence-electron chi connectivity index (χ2n) is 7.04. The standard InChI is InChI=1S/C15H24N2O2S2/c1-15(2)6-3-7-17(11-15)21(18,19)14-8-12(10-20-14)9-16-13-4-5-13/h8,10,13,16H,3-7,9,11H2,1-2H3. The van der Waals surface area contributed by atoms with Gasteiger partial charge in [-0.15, -0.1) is 11.3 Å². The van der Waals surface area contributed by atoms with Gasteiger partial charge in [-0.2, -0.15) is 4.31 Å². The maximum absolute atomic E-state index is 12.8. The van der Waals surface area contributed by atoms with Gasteiger partial charge in [0, 0.05) is 25.7 Å². The van der Waals surface area contributed by atoms with Crippen LogP contribution in [0.1, 0.15) is 45.1 Å². The van der Waals surface area contributed by atoms with Crippen LogP contribution in [0.15, 0.2) is 15.7 Å². The molecule has 1 aliphatic carbocycles. The molecule has 118 valence electrons. The molecule has 0 unspecified atom stereocenters. The Hall–Kier alpha value is -0.430. The molecule has 0 atom stereocenters. The SMILES string of the molecule is CC1(C)CCCN(S(=O)(=O)c2cc(CNC3CC3)cs2)C1. The number of nitrogens with one attached hydrogen (secondary N) is 1. The molecule has 1 aromatic heterocycles. The Morgan fingerprint density at radius 3 is 2.86 bits per heavy atom. The number of hydrogen-bond acceptors (Lipinski definition) is 4. The summed E-state index contributed by atoms with van der Waals surface area (Å²) in [6.45, 7) is 6.35. The Morgan fingerprint density at radius 2 is 2.19 bits per heavy atom. The van der Waals surface area contributed by atoms with Gasteiger partial charge in [-0.05, 0) is 48.1 Å². The van der Waals surface area contributed by atoms with E-state index in [1.54, 1.807) is 4.31 Å². The highest BCUT2D eigenvalue weighted by molar-refractivity contribution is 7.91. The molecule has 1 aromatic rings. The minimum absolute atomic E-state index is 0.0823. The van der Waals surface area contributed by atoms with Gasteiger partial charge in [0.25, 0.3) is 10.0 Å². The second-order valence-corrected chi connectivity index (χ2v) is 10.1. The predicted molar refractivity (Wildman–Crippen MR) is 86.0 cm³/mol. The van der Waals surface area contributed by atoms with Crippen molar-refractivity contribution in [3.8, 4) is 0 Å². The van der Waals surface area contributed by atoms with Gasteiger partial charge in [0.05, 0.1) is 0 Å². The van der Waals surface area contributed by atoms with Crippen molar-refractivity contribution in [2.24, 2.45) is 5.41 Å². The summed E-state index contributed by atoms with van der Waals surface area (Å²) in [5.41, 5.74) is 1.17. The first kappa shape index (κ1) is 15.5. The van der Waals surface area contributed by atoms with Gasteiger partial charge in [-0.1, -0.05) is 13.8 Å². The fourth-order valence-electron chi connectivity index (χ4n) is 2.83. The quantitative estimate of drug-likeness (QED) is 0.904. The molecule has 1 saturated carbocycles. The van der Waals surface area contributed by atoms with E-state index in [9.17, 15) is 8.42 Å². The Labute approximate surface area is 131 Å². The summed E-state index contributed by atoms with van der Waals surface area (Å²) in [7, 11) is -3.31. The van der Waals surface area contributed by atoms with Crippen LogP contribution in [0.2, 0.25) is 0 Å². The zero-order valence-electron chi connectivity index (χ0n) is 12.8. The molecule has 1 aliphatic heterocycles. The molecule has 2 fully saturated rings. The molecular weight excluding hydrogens is 304 g/mol. The molecule has 0 bridgehead atoms. The lowest BCUT2D eigenvalue weighted by Gasteiger charge is -2.36. The van der Waals surface area contributed by atoms with Gasteiger partial charge in [0.1, 0.15) is 4.21 Å². The number of hydrogen-bond donors (Lipinski definition) is 1. The topological polar surface area (TPSA) is 49.4 Å². The summed E-state index contributed by atoms with van der Waals surface area (Å²) in [5.74, 6) is 0. The van der Waals surface area contributed by atoms with Crippen LogP contribution in [0.25, 0.3) is 0 Å². The van der Waals surface area contributed by atoms with E-state index < -0.39 is 10.0 Å². The molecule has 1 N–H and O–H groups in total. The minimum Gasteiger partial charge on any atom is -0.310 e. The number of thiophene rings is 1. The molecule has 6 heteroatoms. The third kappa shape index (κ3) is 3.67. The summed E-state index contributed by atoms with van der Waals surface area (Å²) in [6.07, 6.45) is 4.55. The van der Waals surface area contributed by atoms with Crippen LogP contribution in [0.5, 0.6) is 0 Å². The minimum atomic E-state index is -3.31. The molecule has 2 heterocycles. The lowest BCUT2D eigenvalue weighted by Crippen LogP contribution is -2.43. The van der Waals surface area contributed by atoms with Gasteiger partial charge >= 0.3 is 0 Å². The molecule has 0 aromatic carbocycles. The van der Waals surface area contributed by atoms with Gasteiger partial charge < -0.3 is 5.32 Å². The van der Waals surface area contributed by atoms with Crippen molar-refractivity contribution < 1.29 is 8.42 Å². The molecule has 1 saturated heterocycles. The summed E-state index contributed by atoms with van der Waals surface area (Å²) >= 11 is 1.35. The van der Waals surface area contributed by atoms with Gasteiger partial charge in [-0.25, -0.2) is 8.42 Å². The average molecular weight is 329 g/mol. The van der Waals surface area contributed by atoms with Crippen molar-refractivity contribution in [2.45, 2.75) is 56.3 Å². The second kappa shape index (κ2) is 5.65. The van der Waals surface area contributed by atoms with Crippen LogP contribution in [-0.2, 0) is 16.6 Å². The zero-order valence-corrected chi connectivity index (χ0v) is 14.4. The third-order valence-electron chi connectivity index (χ3n) is 4.26. The van der Waals surface area contributed by atoms with Gasteiger partial charge in [-0.3, -0.25) is 0 Å². The summed E-state index contributed by atoms with van der Waals surface area (Å²) in [6, 6.07) is 2.49. The smallest absolute Gasteiger partial charge is 0.252 e. The van der Waals surface area contributed by atoms with E-state index in [4.69, 9.17) is 0 Å². The van der Waals surface area contributed by atoms with E-state index in [0.29, 0.717) is 23.3 Å². The normalized spacial score (nSPS) is 23.3. The van der Waals surface area contributed by atoms with Gasteiger partial charge in [0.15, 0.2) is 0 Å². The van der Waals surface area contributed by atoms with Crippen LogP contribution in [0.3, 0.4) is 0 Å². The van der Waals surface area contributed by atoms with Crippen molar-refractivity contribution in [2.75, 3.05) is 13.1 Å². The molecular formula is C15H24N2O2S2. The van der Waals surface area contributed by atoms with E-state index in [1.807, 2.05) is 11.4 Å². The van der Waals surface area contributed by atoms with E-state index in [-0.39, 0.29) is 5.41 Å². The van der Waals surface area contributed by atoms with E-state index in [2.05, 4.69) is 19.2 Å². The van der Waals surface area contributed by atoms with Crippen molar-refractivity contribution in [3.05, 3.63) is 17.0 Å². The fourth-order valence-corrected chi connectivity index (χ4v) is 5.86. The number of piperidine rings is 1. The zero-order chi connectivity index (χ0) is 15.1. The Bertz CT molecular complexity index is 603. The van der Waals surface area contributed by atoms with E-state index in [0.717, 1.165) is 24.9 Å². The van der Waals surface area contributed by atoms with Gasteiger partial charge in [0.2, 0.25) is 0 Å². The number of sulfonamides is 1. The Kier molecular flexibility index (Phi) is 4.16. The largest absolute Gasteiger partial charge is 0.310 e. The third-order valence-corrected chi connectivity index (χ3v) is 7.57.